The molecule has 0 amide bonds. The Kier molecular flexibility index (Phi) is 4.11. The summed E-state index contributed by atoms with van der Waals surface area (Å²) in [5, 5.41) is 20.2. The van der Waals surface area contributed by atoms with Crippen LogP contribution in [-0.2, 0) is 0 Å². The Balaban J connectivity index is 2.34. The molecule has 6 nitrogen and oxygen atoms in total. The molecule has 6 heteroatoms. The van der Waals surface area contributed by atoms with Gasteiger partial charge in [-0.1, -0.05) is 0 Å². The van der Waals surface area contributed by atoms with Gasteiger partial charge in [0.05, 0.1) is 23.1 Å². The van der Waals surface area contributed by atoms with Gasteiger partial charge in [-0.3, -0.25) is 14.9 Å². The third kappa shape index (κ3) is 2.73. The van der Waals surface area contributed by atoms with Crippen molar-refractivity contribution < 1.29 is 14.8 Å². The first kappa shape index (κ1) is 13.5. The van der Waals surface area contributed by atoms with Crippen LogP contribution >= 0.6 is 0 Å². The zero-order valence-corrected chi connectivity index (χ0v) is 10.5. The van der Waals surface area contributed by atoms with Gasteiger partial charge < -0.3 is 10.0 Å². The van der Waals surface area contributed by atoms with Crippen molar-refractivity contribution in [3.05, 3.63) is 33.9 Å². The second kappa shape index (κ2) is 5.79. The van der Waals surface area contributed by atoms with Gasteiger partial charge in [0.15, 0.2) is 6.29 Å². The lowest BCUT2D eigenvalue weighted by Gasteiger charge is -2.36. The van der Waals surface area contributed by atoms with Crippen LogP contribution in [0.3, 0.4) is 0 Å². The van der Waals surface area contributed by atoms with Crippen LogP contribution in [0.4, 0.5) is 11.4 Å². The fraction of sp³-hybridized carbons (Fsp3) is 0.462. The number of hydrogen-bond acceptors (Lipinski definition) is 5. The Bertz CT molecular complexity index is 490. The lowest BCUT2D eigenvalue weighted by atomic mass is 10.0. The van der Waals surface area contributed by atoms with Crippen molar-refractivity contribution in [2.24, 2.45) is 0 Å². The maximum Gasteiger partial charge on any atom is 0.280 e. The van der Waals surface area contributed by atoms with Crippen LogP contribution in [0.2, 0.25) is 0 Å². The fourth-order valence-electron chi connectivity index (χ4n) is 2.51. The largest absolute Gasteiger partial charge is 0.394 e. The quantitative estimate of drug-likeness (QED) is 0.509. The summed E-state index contributed by atoms with van der Waals surface area (Å²) in [7, 11) is 0. The minimum Gasteiger partial charge on any atom is -0.394 e. The number of aliphatic hydroxyl groups excluding tert-OH is 1. The summed E-state index contributed by atoms with van der Waals surface area (Å²) in [6.45, 7) is 0.842. The van der Waals surface area contributed by atoms with Crippen LogP contribution in [0.1, 0.15) is 29.6 Å². The van der Waals surface area contributed by atoms with Gasteiger partial charge in [-0.2, -0.15) is 0 Å². The summed E-state index contributed by atoms with van der Waals surface area (Å²) in [4.78, 5) is 23.2. The van der Waals surface area contributed by atoms with Crippen molar-refractivity contribution in [2.45, 2.75) is 25.3 Å². The number of aldehydes is 1. The maximum absolute atomic E-state index is 10.9. The number of nitrogens with zero attached hydrogens (tertiary/aromatic N) is 2. The Hall–Kier alpha value is -1.95. The highest BCUT2D eigenvalue weighted by Gasteiger charge is 2.23. The van der Waals surface area contributed by atoms with Gasteiger partial charge in [-0.05, 0) is 31.4 Å². The van der Waals surface area contributed by atoms with E-state index in [1.807, 2.05) is 4.90 Å². The molecule has 19 heavy (non-hydrogen) atoms. The van der Waals surface area contributed by atoms with E-state index in [0.717, 1.165) is 31.5 Å². The minimum atomic E-state index is -0.562. The van der Waals surface area contributed by atoms with E-state index in [1.165, 1.54) is 12.1 Å². The molecule has 1 aromatic carbocycles. The highest BCUT2D eigenvalue weighted by atomic mass is 16.6. The summed E-state index contributed by atoms with van der Waals surface area (Å²) in [5.41, 5.74) is 0.646. The molecule has 1 unspecified atom stereocenters. The lowest BCUT2D eigenvalue weighted by Crippen LogP contribution is -2.41. The Labute approximate surface area is 110 Å². The van der Waals surface area contributed by atoms with Crippen LogP contribution in [0.25, 0.3) is 0 Å². The SMILES string of the molecule is O=Cc1cc(N2CCCCC2CO)ccc1[N+](=O)[O-]. The topological polar surface area (TPSA) is 83.7 Å². The zero-order chi connectivity index (χ0) is 13.8. The highest BCUT2D eigenvalue weighted by Crippen LogP contribution is 2.28. The number of hydrogen-bond donors (Lipinski definition) is 1. The van der Waals surface area contributed by atoms with Crippen LogP contribution in [0, 0.1) is 10.1 Å². The molecule has 0 bridgehead atoms. The van der Waals surface area contributed by atoms with Gasteiger partial charge in [0.2, 0.25) is 0 Å². The second-order valence-corrected chi connectivity index (χ2v) is 4.64. The summed E-state index contributed by atoms with van der Waals surface area (Å²) < 4.78 is 0. The van der Waals surface area contributed by atoms with Crippen LogP contribution in [0.5, 0.6) is 0 Å². The standard InChI is InChI=1S/C13H16N2O4/c16-8-10-7-11(4-5-13(10)15(18)19)14-6-2-1-3-12(14)9-17/h4-5,7-8,12,17H,1-3,6,9H2. The number of anilines is 1. The summed E-state index contributed by atoms with van der Waals surface area (Å²) in [6, 6.07) is 4.54. The van der Waals surface area contributed by atoms with E-state index >= 15 is 0 Å². The number of carbonyl (C=O) groups is 1. The van der Waals surface area contributed by atoms with Gasteiger partial charge in [-0.25, -0.2) is 0 Å². The monoisotopic (exact) mass is 264 g/mol. The average molecular weight is 264 g/mol. The van der Waals surface area contributed by atoms with Gasteiger partial charge in [0.25, 0.3) is 5.69 Å². The maximum atomic E-state index is 10.9. The van der Waals surface area contributed by atoms with Crippen molar-refractivity contribution >= 4 is 17.7 Å². The number of nitro benzene ring substituents is 1. The van der Waals surface area contributed by atoms with E-state index in [0.29, 0.717) is 6.29 Å². The molecule has 0 radical (unpaired) electrons. The number of carbonyl (C=O) groups excluding carboxylic acids is 1. The van der Waals surface area contributed by atoms with Gasteiger partial charge >= 0.3 is 0 Å². The third-order valence-electron chi connectivity index (χ3n) is 3.50. The first-order valence-electron chi connectivity index (χ1n) is 6.28. The molecule has 1 atom stereocenters. The van der Waals surface area contributed by atoms with Crippen molar-refractivity contribution in [2.75, 3.05) is 18.1 Å². The summed E-state index contributed by atoms with van der Waals surface area (Å²) >= 11 is 0. The van der Waals surface area contributed by atoms with E-state index in [-0.39, 0.29) is 23.9 Å². The highest BCUT2D eigenvalue weighted by molar-refractivity contribution is 5.83. The normalized spacial score (nSPS) is 19.2. The molecule has 1 heterocycles. The van der Waals surface area contributed by atoms with E-state index in [2.05, 4.69) is 0 Å². The average Bonchev–Trinajstić information content (AvgIpc) is 2.46. The zero-order valence-electron chi connectivity index (χ0n) is 10.5. The van der Waals surface area contributed by atoms with Gasteiger partial charge in [0, 0.05) is 18.3 Å². The van der Waals surface area contributed by atoms with E-state index in [4.69, 9.17) is 0 Å². The van der Waals surface area contributed by atoms with Gasteiger partial charge in [-0.15, -0.1) is 0 Å². The molecule has 0 saturated carbocycles. The van der Waals surface area contributed by atoms with Crippen molar-refractivity contribution in [1.82, 2.24) is 0 Å². The Morgan fingerprint density at radius 1 is 1.47 bits per heavy atom. The van der Waals surface area contributed by atoms with Crippen molar-refractivity contribution in [3.63, 3.8) is 0 Å². The smallest absolute Gasteiger partial charge is 0.280 e. The predicted octanol–water partition coefficient (Wildman–Crippen LogP) is 1.76. The van der Waals surface area contributed by atoms with Crippen molar-refractivity contribution in [3.8, 4) is 0 Å². The Morgan fingerprint density at radius 3 is 2.89 bits per heavy atom. The van der Waals surface area contributed by atoms with Crippen LogP contribution in [0.15, 0.2) is 18.2 Å². The molecule has 0 spiro atoms. The molecule has 102 valence electrons. The number of nitro groups is 1. The fourth-order valence-corrected chi connectivity index (χ4v) is 2.51. The number of piperidine rings is 1. The first-order valence-corrected chi connectivity index (χ1v) is 6.28. The van der Waals surface area contributed by atoms with E-state index in [1.54, 1.807) is 6.07 Å². The Morgan fingerprint density at radius 2 is 2.26 bits per heavy atom. The third-order valence-corrected chi connectivity index (χ3v) is 3.50. The van der Waals surface area contributed by atoms with Crippen LogP contribution in [-0.4, -0.2) is 35.5 Å². The molecule has 1 aliphatic rings. The molecule has 0 aliphatic carbocycles. The molecular weight excluding hydrogens is 248 g/mol. The second-order valence-electron chi connectivity index (χ2n) is 4.64. The molecule has 1 fully saturated rings. The van der Waals surface area contributed by atoms with E-state index in [9.17, 15) is 20.0 Å². The molecule has 2 rings (SSSR count). The molecule has 1 N–H and O–H groups in total. The van der Waals surface area contributed by atoms with E-state index < -0.39 is 4.92 Å². The van der Waals surface area contributed by atoms with Crippen molar-refractivity contribution in [1.29, 1.82) is 0 Å². The summed E-state index contributed by atoms with van der Waals surface area (Å²) in [5.74, 6) is 0. The molecule has 1 saturated heterocycles. The minimum absolute atomic E-state index is 0.0229. The predicted molar refractivity (Wildman–Crippen MR) is 70.6 cm³/mol. The van der Waals surface area contributed by atoms with Gasteiger partial charge in [0.1, 0.15) is 0 Å². The lowest BCUT2D eigenvalue weighted by molar-refractivity contribution is -0.385. The summed E-state index contributed by atoms with van der Waals surface area (Å²) in [6.07, 6.45) is 3.47. The molecule has 1 aromatic rings. The number of aliphatic hydroxyl groups is 1. The number of benzene rings is 1. The molecular formula is C13H16N2O4. The molecule has 1 aliphatic heterocycles. The number of rotatable bonds is 4. The molecule has 0 aromatic heterocycles. The first-order chi connectivity index (χ1) is 9.17. The van der Waals surface area contributed by atoms with Crippen LogP contribution < -0.4 is 4.90 Å².